The lowest BCUT2D eigenvalue weighted by Crippen LogP contribution is -2.36. The number of halogens is 1. The summed E-state index contributed by atoms with van der Waals surface area (Å²) in [5.41, 5.74) is 3.00. The maximum Gasteiger partial charge on any atom is 0.260 e. The summed E-state index contributed by atoms with van der Waals surface area (Å²) in [5, 5.41) is 9.88. The first kappa shape index (κ1) is 23.2. The molecule has 1 aliphatic rings. The van der Waals surface area contributed by atoms with Crippen molar-refractivity contribution < 1.29 is 14.3 Å². The van der Waals surface area contributed by atoms with Crippen molar-refractivity contribution in [1.82, 2.24) is 19.6 Å². The van der Waals surface area contributed by atoms with E-state index in [0.29, 0.717) is 35.8 Å². The van der Waals surface area contributed by atoms with Gasteiger partial charge in [0.2, 0.25) is 5.91 Å². The lowest BCUT2D eigenvalue weighted by molar-refractivity contribution is -0.113. The number of hydrogen-bond donors (Lipinski definition) is 2. The largest absolute Gasteiger partial charge is 0.378 e. The second-order valence-corrected chi connectivity index (χ2v) is 9.20. The van der Waals surface area contributed by atoms with Gasteiger partial charge in [-0.25, -0.2) is 9.50 Å². The van der Waals surface area contributed by atoms with Gasteiger partial charge < -0.3 is 20.3 Å². The maximum absolute atomic E-state index is 13.1. The summed E-state index contributed by atoms with van der Waals surface area (Å²) in [6.45, 7) is 4.76. The summed E-state index contributed by atoms with van der Waals surface area (Å²) >= 11 is 7.03. The molecular weight excluding hydrogens is 490 g/mol. The number of aryl methyl sites for hydroxylation is 1. The minimum atomic E-state index is -0.355. The molecule has 0 aliphatic carbocycles. The number of amides is 2. The molecule has 180 valence electrons. The van der Waals surface area contributed by atoms with Crippen molar-refractivity contribution in [3.8, 4) is 10.4 Å². The van der Waals surface area contributed by atoms with Crippen LogP contribution in [0.4, 0.5) is 17.2 Å². The SMILES string of the molecule is Cc1ncc(NC(=O)CCl)cc1NC(=O)c1cnn2cc(-c3ccnc(N4CCOCC4)c3)sc12. The van der Waals surface area contributed by atoms with E-state index in [1.807, 2.05) is 18.3 Å². The number of thiazole rings is 1. The summed E-state index contributed by atoms with van der Waals surface area (Å²) in [6.07, 6.45) is 6.75. The number of anilines is 3. The molecule has 0 bridgehead atoms. The average Bonchev–Trinajstić information content (AvgIpc) is 3.48. The predicted octanol–water partition coefficient (Wildman–Crippen LogP) is 3.43. The number of nitrogens with zero attached hydrogens (tertiary/aromatic N) is 5. The van der Waals surface area contributed by atoms with Gasteiger partial charge in [-0.1, -0.05) is 0 Å². The van der Waals surface area contributed by atoms with Crippen LogP contribution in [0.1, 0.15) is 16.1 Å². The molecule has 0 saturated carbocycles. The normalized spacial score (nSPS) is 13.7. The highest BCUT2D eigenvalue weighted by Gasteiger charge is 2.19. The number of nitrogens with one attached hydrogen (secondary N) is 2. The third-order valence-electron chi connectivity index (χ3n) is 5.55. The summed E-state index contributed by atoms with van der Waals surface area (Å²) in [5.74, 6) is 0.0597. The second-order valence-electron chi connectivity index (χ2n) is 7.90. The van der Waals surface area contributed by atoms with Gasteiger partial charge in [-0.05, 0) is 30.7 Å². The highest BCUT2D eigenvalue weighted by molar-refractivity contribution is 7.21. The number of carbonyl (C=O) groups excluding carboxylic acids is 2. The minimum absolute atomic E-state index is 0.171. The molecule has 1 aliphatic heterocycles. The molecule has 0 radical (unpaired) electrons. The molecule has 0 unspecified atom stereocenters. The van der Waals surface area contributed by atoms with Crippen LogP contribution in [0.2, 0.25) is 0 Å². The van der Waals surface area contributed by atoms with Gasteiger partial charge in [0, 0.05) is 25.5 Å². The standard InChI is InChI=1S/C23H22ClN7O3S/c1-14-18(9-16(11-26-14)28-21(32)10-24)29-22(33)17-12-27-31-13-19(35-23(17)31)15-2-3-25-20(8-15)30-4-6-34-7-5-30/h2-3,8-9,11-13H,4-7,10H2,1H3,(H,28,32)(H,29,33). The van der Waals surface area contributed by atoms with E-state index in [4.69, 9.17) is 16.3 Å². The number of rotatable bonds is 6. The van der Waals surface area contributed by atoms with Crippen LogP contribution in [0, 0.1) is 6.92 Å². The van der Waals surface area contributed by atoms with Crippen molar-refractivity contribution in [3.63, 3.8) is 0 Å². The molecule has 5 heterocycles. The Bertz CT molecular complexity index is 1400. The van der Waals surface area contributed by atoms with Gasteiger partial charge in [0.25, 0.3) is 5.91 Å². The lowest BCUT2D eigenvalue weighted by Gasteiger charge is -2.27. The Morgan fingerprint density at radius 3 is 2.80 bits per heavy atom. The van der Waals surface area contributed by atoms with Gasteiger partial charge >= 0.3 is 0 Å². The Hall–Kier alpha value is -3.54. The molecule has 0 spiro atoms. The molecule has 10 nitrogen and oxygen atoms in total. The third-order valence-corrected chi connectivity index (χ3v) is 6.95. The van der Waals surface area contributed by atoms with Crippen molar-refractivity contribution in [3.05, 3.63) is 54.2 Å². The van der Waals surface area contributed by atoms with Crippen molar-refractivity contribution in [1.29, 1.82) is 0 Å². The molecule has 0 aromatic carbocycles. The molecule has 4 aromatic heterocycles. The molecule has 5 rings (SSSR count). The number of alkyl halides is 1. The number of ether oxygens (including phenoxy) is 1. The summed E-state index contributed by atoms with van der Waals surface area (Å²) < 4.78 is 7.14. The van der Waals surface area contributed by atoms with E-state index >= 15 is 0 Å². The number of carbonyl (C=O) groups is 2. The van der Waals surface area contributed by atoms with Crippen LogP contribution in [-0.4, -0.2) is 63.6 Å². The van der Waals surface area contributed by atoms with Crippen molar-refractivity contribution in [2.24, 2.45) is 0 Å². The zero-order chi connectivity index (χ0) is 24.4. The first-order chi connectivity index (χ1) is 17.0. The fourth-order valence-corrected chi connectivity index (χ4v) is 4.85. The minimum Gasteiger partial charge on any atom is -0.378 e. The average molecular weight is 512 g/mol. The monoisotopic (exact) mass is 511 g/mol. The summed E-state index contributed by atoms with van der Waals surface area (Å²) in [4.78, 5) is 37.3. The smallest absolute Gasteiger partial charge is 0.260 e. The lowest BCUT2D eigenvalue weighted by atomic mass is 10.2. The molecule has 0 atom stereocenters. The number of fused-ring (bicyclic) bond motifs is 1. The van der Waals surface area contributed by atoms with Crippen LogP contribution < -0.4 is 15.5 Å². The molecule has 4 aromatic rings. The summed E-state index contributed by atoms with van der Waals surface area (Å²) in [7, 11) is 0. The Morgan fingerprint density at radius 1 is 1.17 bits per heavy atom. The quantitative estimate of drug-likeness (QED) is 0.381. The van der Waals surface area contributed by atoms with Crippen LogP contribution >= 0.6 is 22.9 Å². The highest BCUT2D eigenvalue weighted by Crippen LogP contribution is 2.32. The maximum atomic E-state index is 13.1. The first-order valence-corrected chi connectivity index (χ1v) is 12.3. The van der Waals surface area contributed by atoms with Crippen LogP contribution in [0.25, 0.3) is 15.3 Å². The Balaban J connectivity index is 1.38. The van der Waals surface area contributed by atoms with E-state index in [1.165, 1.54) is 17.5 Å². The molecular formula is C23H22ClN7O3S. The van der Waals surface area contributed by atoms with Crippen molar-refractivity contribution in [2.75, 3.05) is 47.7 Å². The van der Waals surface area contributed by atoms with E-state index in [-0.39, 0.29) is 17.7 Å². The topological polar surface area (TPSA) is 114 Å². The zero-order valence-electron chi connectivity index (χ0n) is 18.8. The Labute approximate surface area is 209 Å². The fraction of sp³-hybridized carbons (Fsp3) is 0.261. The summed E-state index contributed by atoms with van der Waals surface area (Å²) in [6, 6.07) is 5.64. The van der Waals surface area contributed by atoms with Gasteiger partial charge in [-0.3, -0.25) is 14.6 Å². The molecule has 12 heteroatoms. The molecule has 35 heavy (non-hydrogen) atoms. The van der Waals surface area contributed by atoms with Crippen LogP contribution in [0.15, 0.2) is 43.0 Å². The highest BCUT2D eigenvalue weighted by atomic mass is 35.5. The van der Waals surface area contributed by atoms with E-state index in [2.05, 4.69) is 30.6 Å². The van der Waals surface area contributed by atoms with Crippen LogP contribution in [0.5, 0.6) is 0 Å². The molecule has 2 N–H and O–H groups in total. The van der Waals surface area contributed by atoms with Gasteiger partial charge in [0.1, 0.15) is 16.5 Å². The first-order valence-electron chi connectivity index (χ1n) is 10.9. The number of hydrogen-bond acceptors (Lipinski definition) is 8. The number of aromatic nitrogens is 4. The zero-order valence-corrected chi connectivity index (χ0v) is 20.4. The number of pyridine rings is 2. The van der Waals surface area contributed by atoms with Gasteiger partial charge in [-0.15, -0.1) is 22.9 Å². The van der Waals surface area contributed by atoms with Crippen LogP contribution in [0.3, 0.4) is 0 Å². The third kappa shape index (κ3) is 4.97. The Kier molecular flexibility index (Phi) is 6.62. The van der Waals surface area contributed by atoms with E-state index in [1.54, 1.807) is 29.9 Å². The molecule has 2 amide bonds. The van der Waals surface area contributed by atoms with Gasteiger partial charge in [-0.2, -0.15) is 5.10 Å². The fourth-order valence-electron chi connectivity index (χ4n) is 3.72. The van der Waals surface area contributed by atoms with E-state index in [9.17, 15) is 9.59 Å². The van der Waals surface area contributed by atoms with E-state index in [0.717, 1.165) is 34.2 Å². The van der Waals surface area contributed by atoms with Gasteiger partial charge in [0.05, 0.1) is 53.1 Å². The van der Waals surface area contributed by atoms with E-state index < -0.39 is 0 Å². The van der Waals surface area contributed by atoms with Gasteiger partial charge in [0.15, 0.2) is 0 Å². The predicted molar refractivity (Wildman–Crippen MR) is 136 cm³/mol. The number of morpholine rings is 1. The van der Waals surface area contributed by atoms with Crippen molar-refractivity contribution in [2.45, 2.75) is 6.92 Å². The molecule has 1 saturated heterocycles. The van der Waals surface area contributed by atoms with Crippen LogP contribution in [-0.2, 0) is 9.53 Å². The van der Waals surface area contributed by atoms with Crippen molar-refractivity contribution >= 4 is 56.8 Å². The molecule has 1 fully saturated rings. The second kappa shape index (κ2) is 9.98. The Morgan fingerprint density at radius 2 is 2.00 bits per heavy atom.